The van der Waals surface area contributed by atoms with Crippen molar-refractivity contribution in [3.63, 3.8) is 0 Å². The first-order chi connectivity index (χ1) is 5.58. The minimum absolute atomic E-state index is 0.129. The van der Waals surface area contributed by atoms with Crippen molar-refractivity contribution in [2.45, 2.75) is 25.3 Å². The first-order valence-corrected chi connectivity index (χ1v) is 5.68. The van der Waals surface area contributed by atoms with E-state index < -0.39 is 10.1 Å². The molecule has 0 bridgehead atoms. The highest BCUT2D eigenvalue weighted by Crippen LogP contribution is 2.10. The van der Waals surface area contributed by atoms with Crippen molar-refractivity contribution in [3.8, 4) is 0 Å². The van der Waals surface area contributed by atoms with E-state index >= 15 is 0 Å². The van der Waals surface area contributed by atoms with Crippen LogP contribution in [-0.4, -0.2) is 20.7 Å². The summed E-state index contributed by atoms with van der Waals surface area (Å²) in [6.45, 7) is 0. The zero-order valence-corrected chi connectivity index (χ0v) is 7.80. The third kappa shape index (κ3) is 3.85. The number of hydroxylamine groups is 1. The van der Waals surface area contributed by atoms with Gasteiger partial charge >= 0.3 is 0 Å². The fraction of sp³-hybridized carbons (Fsp3) is 0.714. The van der Waals surface area contributed by atoms with Gasteiger partial charge in [0.25, 0.3) is 10.1 Å². The summed E-state index contributed by atoms with van der Waals surface area (Å²) in [7, 11) is -3.36. The summed E-state index contributed by atoms with van der Waals surface area (Å²) in [6.07, 6.45) is 7.86. The van der Waals surface area contributed by atoms with Gasteiger partial charge in [0.1, 0.15) is 0 Å². The highest BCUT2D eigenvalue weighted by Gasteiger charge is 2.11. The SMILES string of the molecule is CS(=O)(=O)ONC1CC=CCC1. The summed E-state index contributed by atoms with van der Waals surface area (Å²) in [5.41, 5.74) is 2.52. The first-order valence-electron chi connectivity index (χ1n) is 3.87. The number of allylic oxidation sites excluding steroid dienone is 1. The smallest absolute Gasteiger partial charge is 0.198 e. The molecule has 4 nitrogen and oxygen atoms in total. The second kappa shape index (κ2) is 4.02. The van der Waals surface area contributed by atoms with Crippen molar-refractivity contribution in [2.24, 2.45) is 0 Å². The molecule has 0 aliphatic heterocycles. The largest absolute Gasteiger partial charge is 0.280 e. The molecule has 0 heterocycles. The van der Waals surface area contributed by atoms with Gasteiger partial charge in [0.05, 0.1) is 6.26 Å². The normalized spacial score (nSPS) is 24.2. The van der Waals surface area contributed by atoms with Crippen LogP contribution in [0.15, 0.2) is 12.2 Å². The molecule has 5 heteroatoms. The Morgan fingerprint density at radius 3 is 2.75 bits per heavy atom. The summed E-state index contributed by atoms with van der Waals surface area (Å²) >= 11 is 0. The molecule has 1 unspecified atom stereocenters. The van der Waals surface area contributed by atoms with Crippen LogP contribution in [0.2, 0.25) is 0 Å². The van der Waals surface area contributed by atoms with Gasteiger partial charge in [-0.05, 0) is 19.3 Å². The second-order valence-electron chi connectivity index (χ2n) is 2.89. The highest BCUT2D eigenvalue weighted by molar-refractivity contribution is 7.85. The predicted molar refractivity (Wildman–Crippen MR) is 45.8 cm³/mol. The zero-order chi connectivity index (χ0) is 9.03. The summed E-state index contributed by atoms with van der Waals surface area (Å²) in [5.74, 6) is 0. The van der Waals surface area contributed by atoms with Gasteiger partial charge in [-0.1, -0.05) is 12.2 Å². The predicted octanol–water partition coefficient (Wildman–Crippen LogP) is 0.576. The molecular weight excluding hydrogens is 178 g/mol. The van der Waals surface area contributed by atoms with Crippen LogP contribution in [0.4, 0.5) is 0 Å². The van der Waals surface area contributed by atoms with Gasteiger partial charge in [-0.2, -0.15) is 18.2 Å². The Morgan fingerprint density at radius 2 is 2.25 bits per heavy atom. The Hall–Kier alpha value is -0.390. The topological polar surface area (TPSA) is 55.4 Å². The standard InChI is InChI=1S/C7H13NO3S/c1-12(9,10)11-8-7-5-3-2-4-6-7/h2-3,7-8H,4-6H2,1H3. The maximum absolute atomic E-state index is 10.6. The van der Waals surface area contributed by atoms with Crippen LogP contribution >= 0.6 is 0 Å². The molecule has 0 fully saturated rings. The fourth-order valence-electron chi connectivity index (χ4n) is 1.06. The third-order valence-corrected chi connectivity index (χ3v) is 2.03. The lowest BCUT2D eigenvalue weighted by Crippen LogP contribution is -2.31. The van der Waals surface area contributed by atoms with E-state index in [0.29, 0.717) is 0 Å². The van der Waals surface area contributed by atoms with E-state index in [-0.39, 0.29) is 6.04 Å². The van der Waals surface area contributed by atoms with Crippen LogP contribution in [0, 0.1) is 0 Å². The molecule has 0 saturated carbocycles. The fourth-order valence-corrected chi connectivity index (χ4v) is 1.37. The maximum Gasteiger partial charge on any atom is 0.280 e. The number of rotatable bonds is 3. The van der Waals surface area contributed by atoms with E-state index in [1.165, 1.54) is 0 Å². The molecule has 12 heavy (non-hydrogen) atoms. The van der Waals surface area contributed by atoms with Crippen molar-refractivity contribution >= 4 is 10.1 Å². The monoisotopic (exact) mass is 191 g/mol. The lowest BCUT2D eigenvalue weighted by atomic mass is 10.0. The molecule has 0 amide bonds. The Labute approximate surface area is 72.7 Å². The summed E-state index contributed by atoms with van der Waals surface area (Å²) in [6, 6.07) is 0.129. The highest BCUT2D eigenvalue weighted by atomic mass is 32.2. The average Bonchev–Trinajstić information content (AvgIpc) is 2.02. The van der Waals surface area contributed by atoms with E-state index in [9.17, 15) is 8.42 Å². The molecule has 0 aromatic carbocycles. The Morgan fingerprint density at radius 1 is 1.50 bits per heavy atom. The van der Waals surface area contributed by atoms with Crippen LogP contribution in [0.25, 0.3) is 0 Å². The molecule has 1 atom stereocenters. The van der Waals surface area contributed by atoms with Crippen molar-refractivity contribution in [3.05, 3.63) is 12.2 Å². The molecule has 0 radical (unpaired) electrons. The second-order valence-corrected chi connectivity index (χ2v) is 4.46. The molecule has 0 aromatic rings. The molecule has 1 aliphatic carbocycles. The van der Waals surface area contributed by atoms with E-state index in [1.54, 1.807) is 0 Å². The van der Waals surface area contributed by atoms with Gasteiger partial charge in [0.15, 0.2) is 0 Å². The minimum atomic E-state index is -3.36. The van der Waals surface area contributed by atoms with Crippen LogP contribution in [-0.2, 0) is 14.4 Å². The Kier molecular flexibility index (Phi) is 3.25. The van der Waals surface area contributed by atoms with Gasteiger partial charge in [-0.3, -0.25) is 0 Å². The van der Waals surface area contributed by atoms with E-state index in [0.717, 1.165) is 25.5 Å². The van der Waals surface area contributed by atoms with Crippen molar-refractivity contribution in [1.82, 2.24) is 5.48 Å². The minimum Gasteiger partial charge on any atom is -0.198 e. The van der Waals surface area contributed by atoms with Crippen LogP contribution in [0.3, 0.4) is 0 Å². The summed E-state index contributed by atoms with van der Waals surface area (Å²) < 4.78 is 25.6. The molecule has 1 rings (SSSR count). The molecule has 70 valence electrons. The van der Waals surface area contributed by atoms with E-state index in [1.807, 2.05) is 6.08 Å². The molecular formula is C7H13NO3S. The van der Waals surface area contributed by atoms with Crippen LogP contribution in [0.1, 0.15) is 19.3 Å². The lowest BCUT2D eigenvalue weighted by molar-refractivity contribution is 0.158. The van der Waals surface area contributed by atoms with Gasteiger partial charge < -0.3 is 0 Å². The van der Waals surface area contributed by atoms with Crippen LogP contribution in [0.5, 0.6) is 0 Å². The molecule has 1 aliphatic rings. The van der Waals surface area contributed by atoms with Gasteiger partial charge in [-0.15, -0.1) is 0 Å². The number of hydrogen-bond donors (Lipinski definition) is 1. The van der Waals surface area contributed by atoms with Gasteiger partial charge in [-0.25, -0.2) is 0 Å². The van der Waals surface area contributed by atoms with Crippen molar-refractivity contribution < 1.29 is 12.7 Å². The number of nitrogens with one attached hydrogen (secondary N) is 1. The lowest BCUT2D eigenvalue weighted by Gasteiger charge is -2.17. The summed E-state index contributed by atoms with van der Waals surface area (Å²) in [5, 5.41) is 0. The molecule has 0 saturated heterocycles. The van der Waals surface area contributed by atoms with Gasteiger partial charge in [0, 0.05) is 6.04 Å². The van der Waals surface area contributed by atoms with Gasteiger partial charge in [0.2, 0.25) is 0 Å². The van der Waals surface area contributed by atoms with Crippen molar-refractivity contribution in [2.75, 3.05) is 6.26 Å². The first kappa shape index (κ1) is 9.70. The molecule has 1 N–H and O–H groups in total. The Bertz CT molecular complexity index is 258. The third-order valence-electron chi connectivity index (χ3n) is 1.64. The maximum atomic E-state index is 10.6. The van der Waals surface area contributed by atoms with Crippen LogP contribution < -0.4 is 5.48 Å². The van der Waals surface area contributed by atoms with E-state index in [4.69, 9.17) is 0 Å². The molecule has 0 spiro atoms. The Balaban J connectivity index is 2.28. The average molecular weight is 191 g/mol. The molecule has 0 aromatic heterocycles. The number of hydrogen-bond acceptors (Lipinski definition) is 4. The van der Waals surface area contributed by atoms with E-state index in [2.05, 4.69) is 15.8 Å². The zero-order valence-electron chi connectivity index (χ0n) is 6.99. The summed E-state index contributed by atoms with van der Waals surface area (Å²) in [4.78, 5) is 0. The van der Waals surface area contributed by atoms with Crippen molar-refractivity contribution in [1.29, 1.82) is 0 Å². The quantitative estimate of drug-likeness (QED) is 0.523.